The summed E-state index contributed by atoms with van der Waals surface area (Å²) in [5, 5.41) is 6.73. The van der Waals surface area contributed by atoms with Gasteiger partial charge in [0.15, 0.2) is 0 Å². The molecule has 0 bridgehead atoms. The molecule has 2 aromatic carbocycles. The van der Waals surface area contributed by atoms with E-state index in [2.05, 4.69) is 37.9 Å². The van der Waals surface area contributed by atoms with Gasteiger partial charge in [-0.05, 0) is 29.2 Å². The summed E-state index contributed by atoms with van der Waals surface area (Å²) in [6.45, 7) is 6.53. The molecule has 0 aliphatic carbocycles. The van der Waals surface area contributed by atoms with Gasteiger partial charge in [-0.1, -0.05) is 62.4 Å². The number of amides is 1. The Hall–Kier alpha value is -2.99. The third-order valence-electron chi connectivity index (χ3n) is 4.73. The topological polar surface area (TPSA) is 48.8 Å². The van der Waals surface area contributed by atoms with Gasteiger partial charge in [-0.2, -0.15) is 10.1 Å². The molecule has 0 saturated carbocycles. The molecule has 0 N–H and O–H groups in total. The van der Waals surface area contributed by atoms with E-state index in [4.69, 9.17) is 5.10 Å². The fourth-order valence-corrected chi connectivity index (χ4v) is 4.13. The normalized spacial score (nSPS) is 16.0. The monoisotopic (exact) mass is 404 g/mol. The number of para-hydroxylation sites is 1. The van der Waals surface area contributed by atoms with Gasteiger partial charge in [-0.25, -0.2) is 4.98 Å². The van der Waals surface area contributed by atoms with Gasteiger partial charge in [-0.3, -0.25) is 4.79 Å². The second-order valence-electron chi connectivity index (χ2n) is 8.37. The number of benzene rings is 2. The zero-order valence-corrected chi connectivity index (χ0v) is 18.1. The number of nitrogens with zero attached hydrogens (tertiary/aromatic N) is 4. The zero-order chi connectivity index (χ0) is 20.8. The second kappa shape index (κ2) is 7.12. The molecule has 0 spiro atoms. The molecule has 2 heterocycles. The van der Waals surface area contributed by atoms with E-state index in [1.165, 1.54) is 21.9 Å². The predicted molar refractivity (Wildman–Crippen MR) is 121 cm³/mol. The maximum Gasteiger partial charge on any atom is 0.284 e. The molecular weight excluding hydrogens is 380 g/mol. The zero-order valence-electron chi connectivity index (χ0n) is 17.3. The lowest BCUT2D eigenvalue weighted by molar-refractivity contribution is -0.114. The number of hydrogen-bond acceptors (Lipinski definition) is 5. The molecule has 4 rings (SSSR count). The van der Waals surface area contributed by atoms with Crippen LogP contribution in [0.25, 0.3) is 10.2 Å². The van der Waals surface area contributed by atoms with Crippen LogP contribution in [0.3, 0.4) is 0 Å². The molecule has 0 fully saturated rings. The van der Waals surface area contributed by atoms with Crippen LogP contribution in [0.2, 0.25) is 0 Å². The first-order valence-electron chi connectivity index (χ1n) is 9.52. The van der Waals surface area contributed by atoms with Crippen molar-refractivity contribution in [3.8, 4) is 0 Å². The molecule has 0 saturated heterocycles. The average Bonchev–Trinajstić information content (AvgIpc) is 3.22. The highest BCUT2D eigenvalue weighted by Gasteiger charge is 2.34. The minimum Gasteiger partial charge on any atom is -0.383 e. The predicted octanol–water partition coefficient (Wildman–Crippen LogP) is 4.79. The van der Waals surface area contributed by atoms with Gasteiger partial charge in [-0.15, -0.1) is 0 Å². The molecule has 1 aromatic heterocycles. The van der Waals surface area contributed by atoms with E-state index in [1.54, 1.807) is 0 Å². The molecule has 0 atom stereocenters. The second-order valence-corrected chi connectivity index (χ2v) is 9.38. The number of hydrazone groups is 1. The van der Waals surface area contributed by atoms with E-state index in [-0.39, 0.29) is 11.3 Å². The minimum atomic E-state index is -0.158. The highest BCUT2D eigenvalue weighted by Crippen LogP contribution is 2.34. The summed E-state index contributed by atoms with van der Waals surface area (Å²) in [6, 6.07) is 16.1. The molecule has 0 unspecified atom stereocenters. The Balaban J connectivity index is 1.83. The summed E-state index contributed by atoms with van der Waals surface area (Å²) in [5.74, 6) is -0.158. The Morgan fingerprint density at radius 1 is 1.07 bits per heavy atom. The standard InChI is InChI=1S/C23H24N4OS/c1-23(2,3)16-10-8-9-15(13-16)20-17(14-26(4)5)21(28)27(25-20)22-24-18-11-6-7-12-19(18)29-22/h6-14H,1-5H3/b17-14+. The van der Waals surface area contributed by atoms with Crippen molar-refractivity contribution in [3.63, 3.8) is 0 Å². The fourth-order valence-electron chi connectivity index (χ4n) is 3.22. The van der Waals surface area contributed by atoms with Crippen LogP contribution in [0.15, 0.2) is 65.4 Å². The quantitative estimate of drug-likeness (QED) is 0.590. The van der Waals surface area contributed by atoms with E-state index in [0.717, 1.165) is 15.8 Å². The van der Waals surface area contributed by atoms with Gasteiger partial charge in [0.1, 0.15) is 5.71 Å². The van der Waals surface area contributed by atoms with Crippen molar-refractivity contribution in [2.45, 2.75) is 26.2 Å². The Labute approximate surface area is 175 Å². The van der Waals surface area contributed by atoms with Gasteiger partial charge in [0.05, 0.1) is 15.8 Å². The number of aromatic nitrogens is 1. The van der Waals surface area contributed by atoms with E-state index in [9.17, 15) is 4.79 Å². The summed E-state index contributed by atoms with van der Waals surface area (Å²) in [5.41, 5.74) is 4.26. The van der Waals surface area contributed by atoms with Crippen molar-refractivity contribution in [1.82, 2.24) is 9.88 Å². The third kappa shape index (κ3) is 3.68. The van der Waals surface area contributed by atoms with Crippen LogP contribution in [0, 0.1) is 0 Å². The van der Waals surface area contributed by atoms with Crippen molar-refractivity contribution >= 4 is 38.3 Å². The molecule has 1 aliphatic heterocycles. The highest BCUT2D eigenvalue weighted by atomic mass is 32.1. The lowest BCUT2D eigenvalue weighted by Crippen LogP contribution is -2.22. The summed E-state index contributed by atoms with van der Waals surface area (Å²) in [7, 11) is 3.81. The summed E-state index contributed by atoms with van der Waals surface area (Å²) < 4.78 is 1.03. The van der Waals surface area contributed by atoms with Gasteiger partial charge >= 0.3 is 0 Å². The first-order chi connectivity index (χ1) is 13.7. The van der Waals surface area contributed by atoms with Gasteiger partial charge in [0, 0.05) is 25.9 Å². The van der Waals surface area contributed by atoms with Gasteiger partial charge < -0.3 is 4.90 Å². The summed E-state index contributed by atoms with van der Waals surface area (Å²) >= 11 is 1.47. The van der Waals surface area contributed by atoms with E-state index in [0.29, 0.717) is 16.4 Å². The van der Waals surface area contributed by atoms with Crippen molar-refractivity contribution < 1.29 is 4.79 Å². The number of rotatable bonds is 3. The Kier molecular flexibility index (Phi) is 4.74. The number of carbonyl (C=O) groups excluding carboxylic acids is 1. The minimum absolute atomic E-state index is 0.0112. The Morgan fingerprint density at radius 2 is 1.83 bits per heavy atom. The van der Waals surface area contributed by atoms with Crippen LogP contribution < -0.4 is 5.01 Å². The van der Waals surface area contributed by atoms with Crippen molar-refractivity contribution in [1.29, 1.82) is 0 Å². The summed E-state index contributed by atoms with van der Waals surface area (Å²) in [6.07, 6.45) is 1.83. The van der Waals surface area contributed by atoms with E-state index < -0.39 is 0 Å². The van der Waals surface area contributed by atoms with Crippen LogP contribution >= 0.6 is 11.3 Å². The maximum atomic E-state index is 13.3. The molecule has 3 aromatic rings. The van der Waals surface area contributed by atoms with Crippen molar-refractivity contribution in [2.24, 2.45) is 5.10 Å². The van der Waals surface area contributed by atoms with Crippen LogP contribution in [0.5, 0.6) is 0 Å². The molecule has 148 valence electrons. The molecule has 29 heavy (non-hydrogen) atoms. The molecule has 1 aliphatic rings. The van der Waals surface area contributed by atoms with Gasteiger partial charge in [0.2, 0.25) is 5.13 Å². The number of fused-ring (bicyclic) bond motifs is 1. The molecular formula is C23H24N4OS. The molecule has 5 nitrogen and oxygen atoms in total. The smallest absolute Gasteiger partial charge is 0.284 e. The van der Waals surface area contributed by atoms with Crippen LogP contribution in [0.4, 0.5) is 5.13 Å². The molecule has 1 amide bonds. The van der Waals surface area contributed by atoms with E-state index >= 15 is 0 Å². The number of carbonyl (C=O) groups is 1. The largest absolute Gasteiger partial charge is 0.383 e. The van der Waals surface area contributed by atoms with E-state index in [1.807, 2.05) is 61.6 Å². The first-order valence-corrected chi connectivity index (χ1v) is 10.3. The van der Waals surface area contributed by atoms with Crippen molar-refractivity contribution in [3.05, 3.63) is 71.4 Å². The Morgan fingerprint density at radius 3 is 2.52 bits per heavy atom. The highest BCUT2D eigenvalue weighted by molar-refractivity contribution is 7.22. The van der Waals surface area contributed by atoms with Crippen LogP contribution in [0.1, 0.15) is 31.9 Å². The fraction of sp³-hybridized carbons (Fsp3) is 0.261. The number of hydrogen-bond donors (Lipinski definition) is 0. The van der Waals surface area contributed by atoms with Crippen LogP contribution in [-0.4, -0.2) is 35.6 Å². The molecule has 0 radical (unpaired) electrons. The number of thiazole rings is 1. The summed E-state index contributed by atoms with van der Waals surface area (Å²) in [4.78, 5) is 19.8. The van der Waals surface area contributed by atoms with Gasteiger partial charge in [0.25, 0.3) is 5.91 Å². The Bertz CT molecular complexity index is 1120. The maximum absolute atomic E-state index is 13.3. The first kappa shape index (κ1) is 19.3. The average molecular weight is 405 g/mol. The third-order valence-corrected chi connectivity index (χ3v) is 5.74. The molecule has 6 heteroatoms. The van der Waals surface area contributed by atoms with Crippen LogP contribution in [-0.2, 0) is 10.2 Å². The van der Waals surface area contributed by atoms with Crippen molar-refractivity contribution in [2.75, 3.05) is 19.1 Å². The number of anilines is 1. The SMILES string of the molecule is CN(C)/C=C1/C(=O)N(c2nc3ccccc3s2)N=C1c1cccc(C(C)(C)C)c1. The lowest BCUT2D eigenvalue weighted by Gasteiger charge is -2.19. The lowest BCUT2D eigenvalue weighted by atomic mass is 9.85.